The summed E-state index contributed by atoms with van der Waals surface area (Å²) in [5, 5.41) is 0. The molecule has 308 valence electrons. The van der Waals surface area contributed by atoms with E-state index in [1.807, 2.05) is 0 Å². The maximum absolute atomic E-state index is 12.7. The molecule has 0 aliphatic heterocycles. The summed E-state index contributed by atoms with van der Waals surface area (Å²) in [7, 11) is 0. The molecule has 0 saturated carbocycles. The van der Waals surface area contributed by atoms with Crippen LogP contribution in [0.4, 0.5) is 0 Å². The first-order chi connectivity index (χ1) is 25.1. The van der Waals surface area contributed by atoms with Crippen molar-refractivity contribution in [2.75, 3.05) is 13.2 Å². The zero-order valence-electron chi connectivity index (χ0n) is 35.6. The lowest BCUT2D eigenvalue weighted by atomic mass is 10.0. The van der Waals surface area contributed by atoms with Gasteiger partial charge in [0.25, 0.3) is 0 Å². The molecule has 0 aliphatic rings. The lowest BCUT2D eigenvalue weighted by Gasteiger charge is -2.18. The third kappa shape index (κ3) is 39.6. The summed E-state index contributed by atoms with van der Waals surface area (Å²) in [5.41, 5.74) is 0. The Kier molecular flexibility index (Phi) is 36.6. The standard InChI is InChI=1S/C46H88O6/c1-40(2)32-26-20-14-9-7-8-10-17-23-29-35-44(47)50-38-43(52-46(49)37-31-25-19-13-16-22-28-34-42(5)6)39-51-45(48)36-30-24-18-12-11-15-21-27-33-41(3)4/h40-43H,7-39H2,1-6H3/t43-/m1/s1. The van der Waals surface area contributed by atoms with Gasteiger partial charge in [0.1, 0.15) is 13.2 Å². The lowest BCUT2D eigenvalue weighted by molar-refractivity contribution is -0.167. The summed E-state index contributed by atoms with van der Waals surface area (Å²) < 4.78 is 16.7. The summed E-state index contributed by atoms with van der Waals surface area (Å²) in [5.74, 6) is 1.53. The highest BCUT2D eigenvalue weighted by molar-refractivity contribution is 5.71. The summed E-state index contributed by atoms with van der Waals surface area (Å²) in [6.07, 6.45) is 33.9. The number of unbranched alkanes of at least 4 members (excludes halogenated alkanes) is 22. The van der Waals surface area contributed by atoms with E-state index in [1.54, 1.807) is 0 Å². The summed E-state index contributed by atoms with van der Waals surface area (Å²) in [6.45, 7) is 13.6. The molecule has 0 bridgehead atoms. The van der Waals surface area contributed by atoms with Gasteiger partial charge in [-0.25, -0.2) is 0 Å². The van der Waals surface area contributed by atoms with E-state index in [-0.39, 0.29) is 31.1 Å². The minimum Gasteiger partial charge on any atom is -0.462 e. The molecule has 0 rings (SSSR count). The molecule has 0 radical (unpaired) electrons. The maximum atomic E-state index is 12.7. The van der Waals surface area contributed by atoms with Gasteiger partial charge in [0.2, 0.25) is 0 Å². The molecule has 1 atom stereocenters. The van der Waals surface area contributed by atoms with Gasteiger partial charge in [0.05, 0.1) is 0 Å². The number of esters is 3. The van der Waals surface area contributed by atoms with Crippen LogP contribution in [-0.4, -0.2) is 37.2 Å². The van der Waals surface area contributed by atoms with Crippen molar-refractivity contribution in [3.63, 3.8) is 0 Å². The number of hydrogen-bond donors (Lipinski definition) is 0. The number of hydrogen-bond acceptors (Lipinski definition) is 6. The van der Waals surface area contributed by atoms with Crippen LogP contribution in [0, 0.1) is 17.8 Å². The van der Waals surface area contributed by atoms with E-state index in [1.165, 1.54) is 122 Å². The molecule has 0 aromatic rings. The van der Waals surface area contributed by atoms with Crippen molar-refractivity contribution in [3.05, 3.63) is 0 Å². The number of carbonyl (C=O) groups is 3. The molecule has 52 heavy (non-hydrogen) atoms. The van der Waals surface area contributed by atoms with Crippen molar-refractivity contribution < 1.29 is 28.6 Å². The van der Waals surface area contributed by atoms with Crippen molar-refractivity contribution in [1.29, 1.82) is 0 Å². The zero-order valence-corrected chi connectivity index (χ0v) is 35.6. The minimum atomic E-state index is -0.762. The topological polar surface area (TPSA) is 78.9 Å². The Morgan fingerprint density at radius 3 is 0.827 bits per heavy atom. The molecule has 0 fully saturated rings. The molecule has 6 nitrogen and oxygen atoms in total. The van der Waals surface area contributed by atoms with E-state index in [9.17, 15) is 14.4 Å². The maximum Gasteiger partial charge on any atom is 0.306 e. The Morgan fingerprint density at radius 1 is 0.327 bits per heavy atom. The van der Waals surface area contributed by atoms with Gasteiger partial charge >= 0.3 is 17.9 Å². The van der Waals surface area contributed by atoms with Gasteiger partial charge in [-0.05, 0) is 37.0 Å². The predicted octanol–water partition coefficient (Wildman–Crippen LogP) is 14.0. The fourth-order valence-electron chi connectivity index (χ4n) is 6.70. The van der Waals surface area contributed by atoms with E-state index < -0.39 is 6.10 Å². The van der Waals surface area contributed by atoms with Crippen LogP contribution in [0.2, 0.25) is 0 Å². The largest absolute Gasteiger partial charge is 0.462 e. The van der Waals surface area contributed by atoms with Crippen molar-refractivity contribution in [2.24, 2.45) is 17.8 Å². The van der Waals surface area contributed by atoms with Crippen LogP contribution in [0.15, 0.2) is 0 Å². The normalized spacial score (nSPS) is 12.2. The minimum absolute atomic E-state index is 0.0669. The summed E-state index contributed by atoms with van der Waals surface area (Å²) in [6, 6.07) is 0. The zero-order chi connectivity index (χ0) is 38.5. The molecule has 0 N–H and O–H groups in total. The third-order valence-corrected chi connectivity index (χ3v) is 10.1. The fraction of sp³-hybridized carbons (Fsp3) is 0.935. The van der Waals surface area contributed by atoms with E-state index in [4.69, 9.17) is 14.2 Å². The van der Waals surface area contributed by atoms with Crippen LogP contribution in [0.25, 0.3) is 0 Å². The number of ether oxygens (including phenoxy) is 3. The summed E-state index contributed by atoms with van der Waals surface area (Å²) >= 11 is 0. The van der Waals surface area contributed by atoms with Gasteiger partial charge in [-0.15, -0.1) is 0 Å². The first-order valence-electron chi connectivity index (χ1n) is 22.6. The highest BCUT2D eigenvalue weighted by Gasteiger charge is 2.19. The second-order valence-electron chi connectivity index (χ2n) is 17.1. The smallest absolute Gasteiger partial charge is 0.306 e. The van der Waals surface area contributed by atoms with Crippen LogP contribution < -0.4 is 0 Å². The van der Waals surface area contributed by atoms with Gasteiger partial charge in [0.15, 0.2) is 6.10 Å². The first-order valence-corrected chi connectivity index (χ1v) is 22.6. The van der Waals surface area contributed by atoms with Crippen molar-refractivity contribution >= 4 is 17.9 Å². The van der Waals surface area contributed by atoms with Crippen LogP contribution in [0.1, 0.15) is 241 Å². The van der Waals surface area contributed by atoms with Crippen molar-refractivity contribution in [1.82, 2.24) is 0 Å². The van der Waals surface area contributed by atoms with Crippen molar-refractivity contribution in [3.8, 4) is 0 Å². The molecule has 0 saturated heterocycles. The highest BCUT2D eigenvalue weighted by Crippen LogP contribution is 2.16. The van der Waals surface area contributed by atoms with Gasteiger partial charge in [0, 0.05) is 19.3 Å². The molecule has 0 unspecified atom stereocenters. The van der Waals surface area contributed by atoms with Crippen molar-refractivity contribution in [2.45, 2.75) is 247 Å². The molecule has 6 heteroatoms. The molecule has 0 amide bonds. The fourth-order valence-corrected chi connectivity index (χ4v) is 6.70. The number of carbonyl (C=O) groups excluding carboxylic acids is 3. The van der Waals surface area contributed by atoms with E-state index >= 15 is 0 Å². The molecule has 0 aliphatic carbocycles. The van der Waals surface area contributed by atoms with Gasteiger partial charge in [-0.2, -0.15) is 0 Å². The monoisotopic (exact) mass is 737 g/mol. The second-order valence-corrected chi connectivity index (χ2v) is 17.1. The Hall–Kier alpha value is -1.59. The first kappa shape index (κ1) is 50.4. The van der Waals surface area contributed by atoms with Gasteiger partial charge < -0.3 is 14.2 Å². The Labute approximate surface area is 323 Å². The molecular weight excluding hydrogens is 648 g/mol. The average Bonchev–Trinajstić information content (AvgIpc) is 3.09. The van der Waals surface area contributed by atoms with E-state index in [0.717, 1.165) is 75.5 Å². The van der Waals surface area contributed by atoms with Gasteiger partial charge in [-0.1, -0.05) is 202 Å². The van der Waals surface area contributed by atoms with Crippen LogP contribution >= 0.6 is 0 Å². The molecule has 0 aromatic heterocycles. The quantitative estimate of drug-likeness (QED) is 0.0355. The Bertz CT molecular complexity index is 807. The number of rotatable bonds is 39. The Balaban J connectivity index is 4.33. The SMILES string of the molecule is CC(C)CCCCCCCCCCCCC(=O)OC[C@H](COC(=O)CCCCCCCCCCC(C)C)OC(=O)CCCCCCCCCC(C)C. The Morgan fingerprint density at radius 2 is 0.558 bits per heavy atom. The van der Waals surface area contributed by atoms with Crippen LogP contribution in [0.5, 0.6) is 0 Å². The third-order valence-electron chi connectivity index (χ3n) is 10.1. The second kappa shape index (κ2) is 37.7. The highest BCUT2D eigenvalue weighted by atomic mass is 16.6. The lowest BCUT2D eigenvalue weighted by Crippen LogP contribution is -2.30. The molecule has 0 spiro atoms. The van der Waals surface area contributed by atoms with Gasteiger partial charge in [-0.3, -0.25) is 14.4 Å². The van der Waals surface area contributed by atoms with Crippen LogP contribution in [-0.2, 0) is 28.6 Å². The van der Waals surface area contributed by atoms with E-state index in [0.29, 0.717) is 19.3 Å². The molecule has 0 heterocycles. The van der Waals surface area contributed by atoms with E-state index in [2.05, 4.69) is 41.5 Å². The molecular formula is C46H88O6. The van der Waals surface area contributed by atoms with Crippen LogP contribution in [0.3, 0.4) is 0 Å². The average molecular weight is 737 g/mol. The predicted molar refractivity (Wildman–Crippen MR) is 219 cm³/mol. The summed E-state index contributed by atoms with van der Waals surface area (Å²) in [4.78, 5) is 37.7. The molecule has 0 aromatic carbocycles.